The summed E-state index contributed by atoms with van der Waals surface area (Å²) in [5.41, 5.74) is 6.42. The molecule has 4 nitrogen and oxygen atoms in total. The monoisotopic (exact) mass is 365 g/mol. The minimum Gasteiger partial charge on any atom is -0.325 e. The summed E-state index contributed by atoms with van der Waals surface area (Å²) >= 11 is 0. The number of amides is 1. The van der Waals surface area contributed by atoms with Crippen LogP contribution in [0.5, 0.6) is 0 Å². The summed E-state index contributed by atoms with van der Waals surface area (Å²) in [4.78, 5) is 12.2. The van der Waals surface area contributed by atoms with Gasteiger partial charge in [0, 0.05) is 0 Å². The van der Waals surface area contributed by atoms with Gasteiger partial charge in [0.25, 0.3) is 0 Å². The number of hydrogen-bond acceptors (Lipinski definition) is 3. The molecule has 1 saturated carbocycles. The number of nitrogens with two attached hydrogens (primary N) is 1. The lowest BCUT2D eigenvalue weighted by Gasteiger charge is -2.21. The van der Waals surface area contributed by atoms with Crippen molar-refractivity contribution in [3.63, 3.8) is 0 Å². The van der Waals surface area contributed by atoms with E-state index < -0.39 is 12.1 Å². The number of nitrogens with zero attached hydrogens (tertiary/aromatic N) is 2. The molecule has 1 amide bonds. The second-order valence-corrected chi connectivity index (χ2v) is 6.53. The van der Waals surface area contributed by atoms with Gasteiger partial charge in [-0.25, -0.2) is 8.78 Å². The van der Waals surface area contributed by atoms with Crippen molar-refractivity contribution in [3.05, 3.63) is 35.6 Å². The molecule has 1 fully saturated rings. The Labute approximate surface area is 155 Å². The molecule has 26 heavy (non-hydrogen) atoms. The predicted octanol–water partition coefficient (Wildman–Crippen LogP) is 3.92. The fourth-order valence-electron chi connectivity index (χ4n) is 3.01. The summed E-state index contributed by atoms with van der Waals surface area (Å²) in [6.07, 6.45) is 5.86. The fraction of sp³-hybridized carbons (Fsp3) is 0.600. The van der Waals surface area contributed by atoms with Gasteiger partial charge in [0.05, 0.1) is 19.2 Å². The van der Waals surface area contributed by atoms with Gasteiger partial charge in [0.1, 0.15) is 18.5 Å². The molecule has 144 valence electrons. The summed E-state index contributed by atoms with van der Waals surface area (Å²) in [6.45, 7) is 1.36. The molecule has 6 heteroatoms. The first-order valence-electron chi connectivity index (χ1n) is 9.26. The van der Waals surface area contributed by atoms with E-state index in [1.54, 1.807) is 25.1 Å². The number of halogens is 2. The van der Waals surface area contributed by atoms with Crippen molar-refractivity contribution in [2.75, 3.05) is 19.6 Å². The number of alkyl halides is 1. The Bertz CT molecular complexity index is 565. The maximum atomic E-state index is 12.9. The Kier molecular flexibility index (Phi) is 10.5. The number of rotatable bonds is 6. The van der Waals surface area contributed by atoms with Gasteiger partial charge < -0.3 is 10.6 Å². The van der Waals surface area contributed by atoms with Gasteiger partial charge in [-0.05, 0) is 42.9 Å². The van der Waals surface area contributed by atoms with E-state index in [-0.39, 0.29) is 25.5 Å². The molecule has 1 aliphatic carbocycles. The summed E-state index contributed by atoms with van der Waals surface area (Å²) in [6, 6.07) is 8.81. The molecule has 0 heterocycles. The number of carbonyl (C=O) groups excluding carboxylic acids is 1. The van der Waals surface area contributed by atoms with Crippen molar-refractivity contribution in [2.45, 2.75) is 57.5 Å². The summed E-state index contributed by atoms with van der Waals surface area (Å²) < 4.78 is 25.5. The second-order valence-electron chi connectivity index (χ2n) is 6.53. The minimum atomic E-state index is -1.08. The molecule has 2 rings (SSSR count). The van der Waals surface area contributed by atoms with Crippen molar-refractivity contribution < 1.29 is 13.6 Å². The van der Waals surface area contributed by atoms with Crippen LogP contribution >= 0.6 is 0 Å². The standard InChI is InChI=1S/C12H15F.C8H14FN3O/c13-12-8-6-11(7-9-12)10-4-2-1-3-5-10;1-2-7(9)6-12(4-3-10)8(13)5-11/h6-10H,1-5H2;7H,2,4-6,11H2,1H3. The molecular formula is C20H29F2N3O. The minimum absolute atomic E-state index is 0.0416. The van der Waals surface area contributed by atoms with Crippen LogP contribution in [-0.4, -0.2) is 36.6 Å². The van der Waals surface area contributed by atoms with Gasteiger partial charge in [0.2, 0.25) is 5.91 Å². The first kappa shape index (κ1) is 22.0. The molecular weight excluding hydrogens is 336 g/mol. The Hall–Kier alpha value is -2.00. The highest BCUT2D eigenvalue weighted by molar-refractivity contribution is 5.78. The highest BCUT2D eigenvalue weighted by Crippen LogP contribution is 2.32. The molecule has 1 atom stereocenters. The van der Waals surface area contributed by atoms with Crippen LogP contribution in [0.2, 0.25) is 0 Å². The lowest BCUT2D eigenvalue weighted by atomic mass is 9.84. The number of nitriles is 1. The van der Waals surface area contributed by atoms with E-state index in [1.807, 2.05) is 12.1 Å². The maximum absolute atomic E-state index is 12.9. The molecule has 0 bridgehead atoms. The zero-order valence-corrected chi connectivity index (χ0v) is 15.5. The predicted molar refractivity (Wildman–Crippen MR) is 98.7 cm³/mol. The van der Waals surface area contributed by atoms with Crippen LogP contribution in [0.4, 0.5) is 8.78 Å². The molecule has 1 aromatic carbocycles. The third-order valence-electron chi connectivity index (χ3n) is 4.60. The molecule has 0 aromatic heterocycles. The number of carbonyl (C=O) groups is 1. The summed E-state index contributed by atoms with van der Waals surface area (Å²) in [7, 11) is 0. The highest BCUT2D eigenvalue weighted by Gasteiger charge is 2.16. The van der Waals surface area contributed by atoms with Crippen LogP contribution in [0.1, 0.15) is 56.9 Å². The van der Waals surface area contributed by atoms with Crippen LogP contribution < -0.4 is 5.73 Å². The van der Waals surface area contributed by atoms with Crippen molar-refractivity contribution in [2.24, 2.45) is 5.73 Å². The molecule has 1 aliphatic rings. The average molecular weight is 365 g/mol. The van der Waals surface area contributed by atoms with Gasteiger partial charge in [0.15, 0.2) is 0 Å². The van der Waals surface area contributed by atoms with E-state index in [9.17, 15) is 13.6 Å². The van der Waals surface area contributed by atoms with Crippen molar-refractivity contribution in [1.29, 1.82) is 5.26 Å². The Morgan fingerprint density at radius 2 is 1.92 bits per heavy atom. The molecule has 1 unspecified atom stereocenters. The first-order chi connectivity index (χ1) is 12.5. The number of benzene rings is 1. The Balaban J connectivity index is 0.000000260. The lowest BCUT2D eigenvalue weighted by molar-refractivity contribution is -0.129. The van der Waals surface area contributed by atoms with Gasteiger partial charge >= 0.3 is 0 Å². The van der Waals surface area contributed by atoms with E-state index in [0.29, 0.717) is 12.3 Å². The van der Waals surface area contributed by atoms with Crippen LogP contribution in [0.15, 0.2) is 24.3 Å². The summed E-state index contributed by atoms with van der Waals surface area (Å²) in [5, 5.41) is 8.36. The SMILES string of the molecule is CCC(F)CN(CC#N)C(=O)CN.Fc1ccc(C2CCCCC2)cc1. The number of hydrogen-bond donors (Lipinski definition) is 1. The van der Waals surface area contributed by atoms with E-state index in [0.717, 1.165) is 4.90 Å². The average Bonchev–Trinajstić information content (AvgIpc) is 2.68. The van der Waals surface area contributed by atoms with Crippen LogP contribution in [0.25, 0.3) is 0 Å². The molecule has 0 aliphatic heterocycles. The topological polar surface area (TPSA) is 70.1 Å². The third kappa shape index (κ3) is 7.92. The molecule has 0 spiro atoms. The highest BCUT2D eigenvalue weighted by atomic mass is 19.1. The first-order valence-corrected chi connectivity index (χ1v) is 9.26. The van der Waals surface area contributed by atoms with E-state index in [4.69, 9.17) is 11.0 Å². The van der Waals surface area contributed by atoms with E-state index in [2.05, 4.69) is 0 Å². The van der Waals surface area contributed by atoms with E-state index in [1.165, 1.54) is 37.7 Å². The largest absolute Gasteiger partial charge is 0.325 e. The normalized spacial score (nSPS) is 15.3. The Morgan fingerprint density at radius 1 is 1.31 bits per heavy atom. The van der Waals surface area contributed by atoms with Crippen LogP contribution in [0.3, 0.4) is 0 Å². The quantitative estimate of drug-likeness (QED) is 0.777. The van der Waals surface area contributed by atoms with E-state index >= 15 is 0 Å². The van der Waals surface area contributed by atoms with Crippen molar-refractivity contribution in [1.82, 2.24) is 4.90 Å². The molecule has 2 N–H and O–H groups in total. The maximum Gasteiger partial charge on any atom is 0.237 e. The second kappa shape index (κ2) is 12.4. The fourth-order valence-corrected chi connectivity index (χ4v) is 3.01. The Morgan fingerprint density at radius 3 is 2.42 bits per heavy atom. The van der Waals surface area contributed by atoms with Crippen molar-refractivity contribution >= 4 is 5.91 Å². The molecule has 0 radical (unpaired) electrons. The zero-order valence-electron chi connectivity index (χ0n) is 15.5. The molecule has 0 saturated heterocycles. The van der Waals surface area contributed by atoms with Gasteiger partial charge in [-0.2, -0.15) is 5.26 Å². The van der Waals surface area contributed by atoms with Crippen molar-refractivity contribution in [3.8, 4) is 6.07 Å². The van der Waals surface area contributed by atoms with Crippen LogP contribution in [0, 0.1) is 17.1 Å². The van der Waals surface area contributed by atoms with Gasteiger partial charge in [-0.15, -0.1) is 0 Å². The smallest absolute Gasteiger partial charge is 0.237 e. The summed E-state index contributed by atoms with van der Waals surface area (Å²) in [5.74, 6) is 0.173. The molecule has 1 aromatic rings. The van der Waals surface area contributed by atoms with Gasteiger partial charge in [-0.3, -0.25) is 4.79 Å². The third-order valence-corrected chi connectivity index (χ3v) is 4.60. The zero-order chi connectivity index (χ0) is 19.4. The lowest BCUT2D eigenvalue weighted by Crippen LogP contribution is -2.40. The van der Waals surface area contributed by atoms with Crippen LogP contribution in [-0.2, 0) is 4.79 Å². The van der Waals surface area contributed by atoms with Gasteiger partial charge in [-0.1, -0.05) is 38.3 Å².